The third-order valence-corrected chi connectivity index (χ3v) is 2.75. The largest absolute Gasteiger partial charge is 0.478 e. The van der Waals surface area contributed by atoms with Crippen LogP contribution in [-0.2, 0) is 6.42 Å². The number of carboxylic acids is 1. The van der Waals surface area contributed by atoms with Crippen molar-refractivity contribution in [3.63, 3.8) is 0 Å². The van der Waals surface area contributed by atoms with Crippen molar-refractivity contribution in [3.05, 3.63) is 53.6 Å². The predicted octanol–water partition coefficient (Wildman–Crippen LogP) is 0.861. The van der Waals surface area contributed by atoms with Crippen molar-refractivity contribution in [2.75, 3.05) is 0 Å². The molecule has 2 rings (SSSR count). The Bertz CT molecular complexity index is 593. The zero-order chi connectivity index (χ0) is 13.8. The minimum atomic E-state index is -1.14. The van der Waals surface area contributed by atoms with E-state index < -0.39 is 17.8 Å². The number of aromatic nitrogens is 2. The van der Waals surface area contributed by atoms with Crippen LogP contribution >= 0.6 is 0 Å². The van der Waals surface area contributed by atoms with Crippen LogP contribution in [-0.4, -0.2) is 32.9 Å². The highest BCUT2D eigenvalue weighted by atomic mass is 16.4. The summed E-state index contributed by atoms with van der Waals surface area (Å²) in [4.78, 5) is 29.9. The molecule has 19 heavy (non-hydrogen) atoms. The average molecular weight is 259 g/mol. The number of imidazole rings is 1. The van der Waals surface area contributed by atoms with Gasteiger partial charge >= 0.3 is 5.97 Å². The van der Waals surface area contributed by atoms with E-state index in [0.29, 0.717) is 0 Å². The Morgan fingerprint density at radius 1 is 1.32 bits per heavy atom. The molecule has 1 heterocycles. The Morgan fingerprint density at radius 2 is 2.00 bits per heavy atom. The molecule has 6 heteroatoms. The van der Waals surface area contributed by atoms with Gasteiger partial charge in [-0.3, -0.25) is 4.79 Å². The number of carbonyl (C=O) groups is 2. The van der Waals surface area contributed by atoms with Gasteiger partial charge in [-0.05, 0) is 6.07 Å². The van der Waals surface area contributed by atoms with Crippen molar-refractivity contribution in [3.8, 4) is 0 Å². The maximum Gasteiger partial charge on any atom is 0.336 e. The first-order valence-corrected chi connectivity index (χ1v) is 5.69. The lowest BCUT2D eigenvalue weighted by molar-refractivity contribution is 0.0691. The highest BCUT2D eigenvalue weighted by Crippen LogP contribution is 2.12. The summed E-state index contributed by atoms with van der Waals surface area (Å²) in [6.07, 6.45) is 3.36. The summed E-state index contributed by atoms with van der Waals surface area (Å²) in [6.45, 7) is 0. The first-order valence-electron chi connectivity index (χ1n) is 5.69. The molecule has 1 aromatic heterocycles. The molecule has 2 aromatic rings. The van der Waals surface area contributed by atoms with Gasteiger partial charge in [-0.2, -0.15) is 0 Å². The van der Waals surface area contributed by atoms with Gasteiger partial charge in [0.1, 0.15) is 0 Å². The van der Waals surface area contributed by atoms with Crippen molar-refractivity contribution in [2.45, 2.75) is 12.5 Å². The molecule has 0 unspecified atom stereocenters. The Kier molecular flexibility index (Phi) is 3.72. The number of carboxylic acid groups (broad SMARTS) is 1. The van der Waals surface area contributed by atoms with E-state index in [0.717, 1.165) is 5.69 Å². The van der Waals surface area contributed by atoms with E-state index in [1.165, 1.54) is 18.5 Å². The second kappa shape index (κ2) is 5.45. The number of H-pyrrole nitrogens is 1. The number of Topliss-reactive ketones (excluding diaryl/α,β-unsaturated/α-hetero) is 1. The van der Waals surface area contributed by atoms with Gasteiger partial charge in [0, 0.05) is 23.9 Å². The SMILES string of the molecule is N[C@@H](Cc1cnc[nH]1)C(=O)c1ccccc1C(=O)O. The van der Waals surface area contributed by atoms with Crippen LogP contribution in [0.4, 0.5) is 0 Å². The third-order valence-electron chi connectivity index (χ3n) is 2.75. The number of hydrogen-bond acceptors (Lipinski definition) is 4. The fourth-order valence-electron chi connectivity index (χ4n) is 1.81. The molecule has 0 aliphatic rings. The molecule has 0 fully saturated rings. The molecule has 0 amide bonds. The fraction of sp³-hybridized carbons (Fsp3) is 0.154. The summed E-state index contributed by atoms with van der Waals surface area (Å²) < 4.78 is 0. The minimum Gasteiger partial charge on any atom is -0.478 e. The predicted molar refractivity (Wildman–Crippen MR) is 68.0 cm³/mol. The zero-order valence-electron chi connectivity index (χ0n) is 10.0. The number of nitrogens with zero attached hydrogens (tertiary/aromatic N) is 1. The molecule has 0 saturated carbocycles. The van der Waals surface area contributed by atoms with Gasteiger partial charge in [0.05, 0.1) is 17.9 Å². The molecule has 0 aliphatic carbocycles. The van der Waals surface area contributed by atoms with Crippen LogP contribution in [0, 0.1) is 0 Å². The van der Waals surface area contributed by atoms with Crippen LogP contribution in [0.5, 0.6) is 0 Å². The van der Waals surface area contributed by atoms with E-state index in [1.807, 2.05) is 0 Å². The summed E-state index contributed by atoms with van der Waals surface area (Å²) in [6, 6.07) is 5.24. The quantitative estimate of drug-likeness (QED) is 0.690. The molecule has 0 saturated heterocycles. The Labute approximate surface area is 109 Å². The first-order chi connectivity index (χ1) is 9.09. The van der Waals surface area contributed by atoms with E-state index in [-0.39, 0.29) is 17.5 Å². The molecule has 0 aliphatic heterocycles. The molecule has 1 atom stereocenters. The van der Waals surface area contributed by atoms with Crippen molar-refractivity contribution in [1.82, 2.24) is 9.97 Å². The Balaban J connectivity index is 2.22. The summed E-state index contributed by atoms with van der Waals surface area (Å²) in [5.41, 5.74) is 6.64. The summed E-state index contributed by atoms with van der Waals surface area (Å²) >= 11 is 0. The van der Waals surface area contributed by atoms with Gasteiger partial charge in [0.25, 0.3) is 0 Å². The summed E-state index contributed by atoms with van der Waals surface area (Å²) in [5.74, 6) is -1.54. The van der Waals surface area contributed by atoms with Crippen molar-refractivity contribution >= 4 is 11.8 Å². The number of benzene rings is 1. The number of aromatic amines is 1. The number of rotatable bonds is 5. The standard InChI is InChI=1S/C13H13N3O3/c14-11(5-8-6-15-7-16-8)12(17)9-3-1-2-4-10(9)13(18)19/h1-4,6-7,11H,5,14H2,(H,15,16)(H,18,19)/t11-/m0/s1. The smallest absolute Gasteiger partial charge is 0.336 e. The number of aromatic carboxylic acids is 1. The van der Waals surface area contributed by atoms with Crippen LogP contribution in [0.2, 0.25) is 0 Å². The van der Waals surface area contributed by atoms with Crippen molar-refractivity contribution in [1.29, 1.82) is 0 Å². The van der Waals surface area contributed by atoms with Gasteiger partial charge in [-0.1, -0.05) is 18.2 Å². The monoisotopic (exact) mass is 259 g/mol. The normalized spacial score (nSPS) is 12.1. The van der Waals surface area contributed by atoms with E-state index in [1.54, 1.807) is 18.3 Å². The summed E-state index contributed by atoms with van der Waals surface area (Å²) in [7, 11) is 0. The lowest BCUT2D eigenvalue weighted by Crippen LogP contribution is -2.33. The zero-order valence-corrected chi connectivity index (χ0v) is 10.0. The molecular weight excluding hydrogens is 246 g/mol. The Hall–Kier alpha value is -2.47. The van der Waals surface area contributed by atoms with Crippen LogP contribution in [0.1, 0.15) is 26.4 Å². The van der Waals surface area contributed by atoms with Crippen molar-refractivity contribution in [2.24, 2.45) is 5.73 Å². The molecule has 98 valence electrons. The number of carbonyl (C=O) groups excluding carboxylic acids is 1. The highest BCUT2D eigenvalue weighted by Gasteiger charge is 2.21. The number of nitrogens with one attached hydrogen (secondary N) is 1. The number of nitrogens with two attached hydrogens (primary N) is 1. The van der Waals surface area contributed by atoms with E-state index in [9.17, 15) is 9.59 Å². The Morgan fingerprint density at radius 3 is 2.58 bits per heavy atom. The van der Waals surface area contributed by atoms with E-state index in [2.05, 4.69) is 9.97 Å². The van der Waals surface area contributed by atoms with E-state index in [4.69, 9.17) is 10.8 Å². The van der Waals surface area contributed by atoms with Crippen LogP contribution in [0.3, 0.4) is 0 Å². The van der Waals surface area contributed by atoms with Crippen molar-refractivity contribution < 1.29 is 14.7 Å². The first kappa shape index (κ1) is 13.0. The second-order valence-electron chi connectivity index (χ2n) is 4.10. The topological polar surface area (TPSA) is 109 Å². The van der Waals surface area contributed by atoms with Crippen LogP contribution in [0.25, 0.3) is 0 Å². The number of ketones is 1. The lowest BCUT2D eigenvalue weighted by atomic mass is 9.97. The van der Waals surface area contributed by atoms with E-state index >= 15 is 0 Å². The lowest BCUT2D eigenvalue weighted by Gasteiger charge is -2.11. The van der Waals surface area contributed by atoms with Gasteiger partial charge in [-0.25, -0.2) is 9.78 Å². The second-order valence-corrected chi connectivity index (χ2v) is 4.10. The molecule has 0 spiro atoms. The molecule has 6 nitrogen and oxygen atoms in total. The molecule has 0 radical (unpaired) electrons. The van der Waals surface area contributed by atoms with Crippen LogP contribution in [0.15, 0.2) is 36.8 Å². The maximum absolute atomic E-state index is 12.2. The maximum atomic E-state index is 12.2. The molecule has 0 bridgehead atoms. The molecule has 1 aromatic carbocycles. The van der Waals surface area contributed by atoms with Gasteiger partial charge in [0.2, 0.25) is 0 Å². The number of hydrogen-bond donors (Lipinski definition) is 3. The van der Waals surface area contributed by atoms with Gasteiger partial charge < -0.3 is 15.8 Å². The van der Waals surface area contributed by atoms with Crippen LogP contribution < -0.4 is 5.73 Å². The van der Waals surface area contributed by atoms with Gasteiger partial charge in [-0.15, -0.1) is 0 Å². The van der Waals surface area contributed by atoms with Gasteiger partial charge in [0.15, 0.2) is 5.78 Å². The third kappa shape index (κ3) is 2.86. The highest BCUT2D eigenvalue weighted by molar-refractivity contribution is 6.08. The summed E-state index contributed by atoms with van der Waals surface area (Å²) in [5, 5.41) is 9.04. The molecular formula is C13H13N3O3. The molecule has 4 N–H and O–H groups in total. The average Bonchev–Trinajstić information content (AvgIpc) is 2.90. The fourth-order valence-corrected chi connectivity index (χ4v) is 1.81. The minimum absolute atomic E-state index is 0.0347.